The van der Waals surface area contributed by atoms with Gasteiger partial charge in [-0.3, -0.25) is 4.79 Å². The monoisotopic (exact) mass is 379 g/mol. The third kappa shape index (κ3) is 4.05. The van der Waals surface area contributed by atoms with Gasteiger partial charge in [0.2, 0.25) is 5.01 Å². The van der Waals surface area contributed by atoms with Gasteiger partial charge in [0.05, 0.1) is 5.03 Å². The summed E-state index contributed by atoms with van der Waals surface area (Å²) in [6.07, 6.45) is 1.79. The minimum atomic E-state index is -0.415. The lowest BCUT2D eigenvalue weighted by molar-refractivity contribution is 0.102. The molecule has 0 spiro atoms. The van der Waals surface area contributed by atoms with Crippen molar-refractivity contribution in [1.82, 2.24) is 10.2 Å². The second-order valence-electron chi connectivity index (χ2n) is 4.81. The first-order valence-electron chi connectivity index (χ1n) is 6.86. The Morgan fingerprint density at radius 1 is 1.12 bits per heavy atom. The molecule has 8 heteroatoms. The zero-order valence-electron chi connectivity index (χ0n) is 12.4. The summed E-state index contributed by atoms with van der Waals surface area (Å²) in [7, 11) is 0. The fourth-order valence-corrected chi connectivity index (χ4v) is 3.65. The lowest BCUT2D eigenvalue weighted by Gasteiger charge is -2.01. The molecule has 0 radical (unpaired) electrons. The molecule has 122 valence electrons. The Kier molecular flexibility index (Phi) is 5.03. The fraction of sp³-hybridized carbons (Fsp3) is 0.0625. The van der Waals surface area contributed by atoms with E-state index in [1.54, 1.807) is 17.4 Å². The van der Waals surface area contributed by atoms with E-state index in [1.165, 1.54) is 29.1 Å². The van der Waals surface area contributed by atoms with Gasteiger partial charge in [-0.25, -0.2) is 4.39 Å². The van der Waals surface area contributed by atoms with Gasteiger partial charge in [-0.05, 0) is 49.4 Å². The molecule has 2 heterocycles. The summed E-state index contributed by atoms with van der Waals surface area (Å²) >= 11 is 8.95. The third-order valence-electron chi connectivity index (χ3n) is 2.96. The Labute approximate surface area is 150 Å². The van der Waals surface area contributed by atoms with Crippen LogP contribution >= 0.6 is 34.3 Å². The van der Waals surface area contributed by atoms with E-state index in [-0.39, 0.29) is 10.8 Å². The molecule has 2 aromatic heterocycles. The molecule has 0 bridgehead atoms. The number of anilines is 1. The summed E-state index contributed by atoms with van der Waals surface area (Å²) in [5.74, 6) is -0.784. The van der Waals surface area contributed by atoms with Crippen LogP contribution in [0.4, 0.5) is 10.1 Å². The molecule has 0 aliphatic rings. The summed E-state index contributed by atoms with van der Waals surface area (Å²) < 4.78 is 12.9. The van der Waals surface area contributed by atoms with Crippen molar-refractivity contribution in [1.29, 1.82) is 0 Å². The lowest BCUT2D eigenvalue weighted by atomic mass is 10.3. The van der Waals surface area contributed by atoms with Crippen molar-refractivity contribution in [2.45, 2.75) is 6.92 Å². The van der Waals surface area contributed by atoms with Gasteiger partial charge >= 0.3 is 0 Å². The summed E-state index contributed by atoms with van der Waals surface area (Å²) in [5, 5.41) is 11.5. The molecule has 0 aliphatic carbocycles. The number of amides is 1. The smallest absolute Gasteiger partial charge is 0.286 e. The van der Waals surface area contributed by atoms with Crippen LogP contribution in [0.5, 0.6) is 0 Å². The van der Waals surface area contributed by atoms with E-state index < -0.39 is 5.91 Å². The van der Waals surface area contributed by atoms with Crippen LogP contribution in [0.1, 0.15) is 24.6 Å². The predicted molar refractivity (Wildman–Crippen MR) is 97.0 cm³/mol. The SMILES string of the molecule is Cc1ccc(C=C(Cl)c2nnc(C(=O)Nc3ccc(F)cc3)s2)s1. The number of hydrogen-bond donors (Lipinski definition) is 1. The quantitative estimate of drug-likeness (QED) is 0.691. The number of aryl methyl sites for hydroxylation is 1. The van der Waals surface area contributed by atoms with E-state index in [2.05, 4.69) is 15.5 Å². The number of carbonyl (C=O) groups excluding carboxylic acids is 1. The van der Waals surface area contributed by atoms with Gasteiger partial charge in [-0.15, -0.1) is 21.5 Å². The first kappa shape index (κ1) is 16.8. The molecule has 24 heavy (non-hydrogen) atoms. The van der Waals surface area contributed by atoms with Crippen LogP contribution in [0.25, 0.3) is 11.1 Å². The highest BCUT2D eigenvalue weighted by Crippen LogP contribution is 2.28. The number of hydrogen-bond acceptors (Lipinski definition) is 5. The van der Waals surface area contributed by atoms with Gasteiger partial charge < -0.3 is 5.32 Å². The van der Waals surface area contributed by atoms with Crippen molar-refractivity contribution in [3.05, 3.63) is 62.0 Å². The second kappa shape index (κ2) is 7.21. The van der Waals surface area contributed by atoms with E-state index in [0.717, 1.165) is 16.2 Å². The fourth-order valence-electron chi connectivity index (χ4n) is 1.85. The minimum Gasteiger partial charge on any atom is -0.320 e. The zero-order chi connectivity index (χ0) is 17.1. The van der Waals surface area contributed by atoms with Crippen LogP contribution in [-0.2, 0) is 0 Å². The van der Waals surface area contributed by atoms with E-state index in [1.807, 2.05) is 19.1 Å². The van der Waals surface area contributed by atoms with Crippen molar-refractivity contribution < 1.29 is 9.18 Å². The summed E-state index contributed by atoms with van der Waals surface area (Å²) in [5.41, 5.74) is 0.480. The van der Waals surface area contributed by atoms with Crippen LogP contribution in [0.3, 0.4) is 0 Å². The van der Waals surface area contributed by atoms with Crippen LogP contribution in [-0.4, -0.2) is 16.1 Å². The van der Waals surface area contributed by atoms with Crippen molar-refractivity contribution in [2.75, 3.05) is 5.32 Å². The average molecular weight is 380 g/mol. The number of rotatable bonds is 4. The number of thiophene rings is 1. The maximum Gasteiger partial charge on any atom is 0.286 e. The van der Waals surface area contributed by atoms with Crippen molar-refractivity contribution in [3.63, 3.8) is 0 Å². The molecular weight excluding hydrogens is 369 g/mol. The Morgan fingerprint density at radius 2 is 1.83 bits per heavy atom. The Bertz CT molecular complexity index is 902. The highest BCUT2D eigenvalue weighted by atomic mass is 35.5. The number of carbonyl (C=O) groups is 1. The Hall–Kier alpha value is -2.09. The largest absolute Gasteiger partial charge is 0.320 e. The normalized spacial score (nSPS) is 11.5. The number of nitrogens with zero attached hydrogens (tertiary/aromatic N) is 2. The van der Waals surface area contributed by atoms with Crippen LogP contribution in [0.15, 0.2) is 36.4 Å². The molecule has 0 saturated heterocycles. The van der Waals surface area contributed by atoms with Gasteiger partial charge in [0, 0.05) is 15.4 Å². The Morgan fingerprint density at radius 3 is 2.50 bits per heavy atom. The Balaban J connectivity index is 1.73. The van der Waals surface area contributed by atoms with Crippen molar-refractivity contribution in [3.8, 4) is 0 Å². The molecule has 1 N–H and O–H groups in total. The summed E-state index contributed by atoms with van der Waals surface area (Å²) in [4.78, 5) is 14.3. The first-order valence-corrected chi connectivity index (χ1v) is 8.87. The van der Waals surface area contributed by atoms with Crippen LogP contribution in [0, 0.1) is 12.7 Å². The van der Waals surface area contributed by atoms with Crippen molar-refractivity contribution in [2.24, 2.45) is 0 Å². The van der Waals surface area contributed by atoms with Crippen molar-refractivity contribution >= 4 is 57.0 Å². The summed E-state index contributed by atoms with van der Waals surface area (Å²) in [6.45, 7) is 2.01. The standard InChI is InChI=1S/C16H11ClFN3OS2/c1-9-2-7-12(23-9)8-13(17)15-20-21-16(24-15)14(22)19-11-5-3-10(18)4-6-11/h2-8H,1H3,(H,19,22). The van der Waals surface area contributed by atoms with Gasteiger partial charge in [-0.2, -0.15) is 0 Å². The predicted octanol–water partition coefficient (Wildman–Crippen LogP) is 5.04. The highest BCUT2D eigenvalue weighted by Gasteiger charge is 2.15. The van der Waals surface area contributed by atoms with E-state index >= 15 is 0 Å². The molecule has 0 aliphatic heterocycles. The molecule has 1 aromatic carbocycles. The van der Waals surface area contributed by atoms with E-state index in [0.29, 0.717) is 15.7 Å². The molecule has 0 atom stereocenters. The first-order chi connectivity index (χ1) is 11.5. The van der Waals surface area contributed by atoms with Gasteiger partial charge in [0.1, 0.15) is 5.82 Å². The molecule has 3 aromatic rings. The lowest BCUT2D eigenvalue weighted by Crippen LogP contribution is -2.11. The molecule has 1 amide bonds. The van der Waals surface area contributed by atoms with Crippen LogP contribution < -0.4 is 5.32 Å². The minimum absolute atomic E-state index is 0.184. The molecule has 0 unspecified atom stereocenters. The average Bonchev–Trinajstić information content (AvgIpc) is 3.19. The van der Waals surface area contributed by atoms with Gasteiger partial charge in [-0.1, -0.05) is 22.9 Å². The van der Waals surface area contributed by atoms with Gasteiger partial charge in [0.15, 0.2) is 5.01 Å². The van der Waals surface area contributed by atoms with Crippen LogP contribution in [0.2, 0.25) is 0 Å². The summed E-state index contributed by atoms with van der Waals surface area (Å²) in [6, 6.07) is 9.45. The number of benzene rings is 1. The maximum atomic E-state index is 12.9. The third-order valence-corrected chi connectivity index (χ3v) is 5.26. The number of nitrogens with one attached hydrogen (secondary N) is 1. The van der Waals surface area contributed by atoms with Gasteiger partial charge in [0.25, 0.3) is 5.91 Å². The molecule has 4 nitrogen and oxygen atoms in total. The molecule has 0 fully saturated rings. The zero-order valence-corrected chi connectivity index (χ0v) is 14.8. The maximum absolute atomic E-state index is 12.9. The molecule has 3 rings (SSSR count). The number of halogens is 2. The van der Waals surface area contributed by atoms with E-state index in [4.69, 9.17) is 11.6 Å². The number of aromatic nitrogens is 2. The topological polar surface area (TPSA) is 54.9 Å². The molecule has 0 saturated carbocycles. The highest BCUT2D eigenvalue weighted by molar-refractivity contribution is 7.15. The second-order valence-corrected chi connectivity index (χ2v) is 7.52. The van der Waals surface area contributed by atoms with E-state index in [9.17, 15) is 9.18 Å². The molecular formula is C16H11ClFN3OS2.